The van der Waals surface area contributed by atoms with E-state index < -0.39 is 0 Å². The van der Waals surface area contributed by atoms with Crippen LogP contribution >= 0.6 is 11.3 Å². The van der Waals surface area contributed by atoms with Gasteiger partial charge in [0.1, 0.15) is 5.75 Å². The standard InChI is InChI=1S/C19H18N2O3S/c1-3-23-16-9-4-5-10-17(16)24-15-8-6-7-14(11-15)18(22)21-19-20-13(2)12-25-19/h4-12H,3H2,1-2H3,(H,20,21,22). The predicted molar refractivity (Wildman–Crippen MR) is 98.9 cm³/mol. The Bertz CT molecular complexity index is 876. The van der Waals surface area contributed by atoms with Gasteiger partial charge in [0.2, 0.25) is 0 Å². The maximum absolute atomic E-state index is 12.4. The van der Waals surface area contributed by atoms with Crippen molar-refractivity contribution in [3.8, 4) is 17.2 Å². The molecule has 0 atom stereocenters. The summed E-state index contributed by atoms with van der Waals surface area (Å²) >= 11 is 1.40. The van der Waals surface area contributed by atoms with Crippen molar-refractivity contribution in [3.05, 3.63) is 65.2 Å². The van der Waals surface area contributed by atoms with Crippen LogP contribution in [0.2, 0.25) is 0 Å². The minimum atomic E-state index is -0.224. The van der Waals surface area contributed by atoms with Crippen molar-refractivity contribution >= 4 is 22.4 Å². The van der Waals surface area contributed by atoms with E-state index in [9.17, 15) is 4.79 Å². The molecule has 25 heavy (non-hydrogen) atoms. The molecule has 0 aliphatic rings. The number of aromatic nitrogens is 1. The van der Waals surface area contributed by atoms with Crippen molar-refractivity contribution in [2.45, 2.75) is 13.8 Å². The summed E-state index contributed by atoms with van der Waals surface area (Å²) in [5.74, 6) is 1.61. The van der Waals surface area contributed by atoms with E-state index in [2.05, 4.69) is 10.3 Å². The first kappa shape index (κ1) is 17.0. The summed E-state index contributed by atoms with van der Waals surface area (Å²) in [7, 11) is 0. The molecule has 1 N–H and O–H groups in total. The molecule has 0 saturated carbocycles. The number of aryl methyl sites for hydroxylation is 1. The van der Waals surface area contributed by atoms with E-state index in [-0.39, 0.29) is 5.91 Å². The first-order valence-electron chi connectivity index (χ1n) is 7.89. The summed E-state index contributed by atoms with van der Waals surface area (Å²) < 4.78 is 11.4. The zero-order chi connectivity index (χ0) is 17.6. The molecule has 0 saturated heterocycles. The summed E-state index contributed by atoms with van der Waals surface area (Å²) in [6.45, 7) is 4.36. The zero-order valence-corrected chi connectivity index (χ0v) is 14.8. The van der Waals surface area contributed by atoms with Crippen LogP contribution < -0.4 is 14.8 Å². The molecule has 3 aromatic rings. The number of hydrogen-bond acceptors (Lipinski definition) is 5. The number of hydrogen-bond donors (Lipinski definition) is 1. The van der Waals surface area contributed by atoms with Crippen molar-refractivity contribution in [2.75, 3.05) is 11.9 Å². The number of rotatable bonds is 6. The fourth-order valence-corrected chi connectivity index (χ4v) is 2.90. The fraction of sp³-hybridized carbons (Fsp3) is 0.158. The molecule has 0 aliphatic carbocycles. The van der Waals surface area contributed by atoms with Gasteiger partial charge in [-0.2, -0.15) is 0 Å². The van der Waals surface area contributed by atoms with Crippen molar-refractivity contribution in [3.63, 3.8) is 0 Å². The molecule has 0 fully saturated rings. The highest BCUT2D eigenvalue weighted by atomic mass is 32.1. The Labute approximate surface area is 150 Å². The fourth-order valence-electron chi connectivity index (χ4n) is 2.22. The van der Waals surface area contributed by atoms with Gasteiger partial charge in [-0.25, -0.2) is 4.98 Å². The molecule has 0 spiro atoms. The van der Waals surface area contributed by atoms with Crippen molar-refractivity contribution < 1.29 is 14.3 Å². The van der Waals surface area contributed by atoms with Gasteiger partial charge in [-0.1, -0.05) is 18.2 Å². The molecule has 1 heterocycles. The molecule has 0 unspecified atom stereocenters. The molecule has 1 amide bonds. The third kappa shape index (κ3) is 4.36. The van der Waals surface area contributed by atoms with Gasteiger partial charge in [0.05, 0.1) is 12.3 Å². The molecule has 2 aromatic carbocycles. The van der Waals surface area contributed by atoms with Gasteiger partial charge in [0, 0.05) is 10.9 Å². The molecule has 5 nitrogen and oxygen atoms in total. The van der Waals surface area contributed by atoms with Crippen LogP contribution in [0.5, 0.6) is 17.2 Å². The highest BCUT2D eigenvalue weighted by molar-refractivity contribution is 7.13. The first-order chi connectivity index (χ1) is 12.2. The molecule has 0 aliphatic heterocycles. The number of carbonyl (C=O) groups is 1. The van der Waals surface area contributed by atoms with E-state index in [4.69, 9.17) is 9.47 Å². The Morgan fingerprint density at radius 2 is 1.96 bits per heavy atom. The van der Waals surface area contributed by atoms with Gasteiger partial charge in [0.15, 0.2) is 16.6 Å². The van der Waals surface area contributed by atoms with Gasteiger partial charge in [-0.3, -0.25) is 10.1 Å². The molecule has 6 heteroatoms. The highest BCUT2D eigenvalue weighted by Crippen LogP contribution is 2.31. The van der Waals surface area contributed by atoms with Crippen LogP contribution in [-0.4, -0.2) is 17.5 Å². The van der Waals surface area contributed by atoms with E-state index in [0.717, 1.165) is 5.69 Å². The predicted octanol–water partition coefficient (Wildman–Crippen LogP) is 4.89. The highest BCUT2D eigenvalue weighted by Gasteiger charge is 2.11. The second kappa shape index (κ2) is 7.81. The zero-order valence-electron chi connectivity index (χ0n) is 14.0. The second-order valence-corrected chi connectivity index (χ2v) is 6.12. The van der Waals surface area contributed by atoms with Crippen LogP contribution in [-0.2, 0) is 0 Å². The normalized spacial score (nSPS) is 10.3. The largest absolute Gasteiger partial charge is 0.490 e. The van der Waals surface area contributed by atoms with Gasteiger partial charge < -0.3 is 9.47 Å². The summed E-state index contributed by atoms with van der Waals surface area (Å²) in [6, 6.07) is 14.4. The quantitative estimate of drug-likeness (QED) is 0.684. The second-order valence-electron chi connectivity index (χ2n) is 5.26. The van der Waals surface area contributed by atoms with Gasteiger partial charge in [-0.15, -0.1) is 11.3 Å². The maximum atomic E-state index is 12.4. The lowest BCUT2D eigenvalue weighted by Gasteiger charge is -2.12. The van der Waals surface area contributed by atoms with Crippen LogP contribution in [0, 0.1) is 6.92 Å². The Hall–Kier alpha value is -2.86. The minimum absolute atomic E-state index is 0.224. The monoisotopic (exact) mass is 354 g/mol. The summed E-state index contributed by atoms with van der Waals surface area (Å²) in [4.78, 5) is 16.6. The SMILES string of the molecule is CCOc1ccccc1Oc1cccc(C(=O)Nc2nc(C)cs2)c1. The lowest BCUT2D eigenvalue weighted by molar-refractivity contribution is 0.102. The van der Waals surface area contributed by atoms with E-state index in [1.165, 1.54) is 11.3 Å². The number of ether oxygens (including phenoxy) is 2. The number of benzene rings is 2. The smallest absolute Gasteiger partial charge is 0.257 e. The Morgan fingerprint density at radius 3 is 2.68 bits per heavy atom. The number of nitrogens with one attached hydrogen (secondary N) is 1. The van der Waals surface area contributed by atoms with Crippen LogP contribution in [0.15, 0.2) is 53.9 Å². The average Bonchev–Trinajstić information content (AvgIpc) is 3.02. The van der Waals surface area contributed by atoms with Crippen LogP contribution in [0.1, 0.15) is 23.0 Å². The molecule has 1 aromatic heterocycles. The molecule has 128 valence electrons. The Morgan fingerprint density at radius 1 is 1.16 bits per heavy atom. The van der Waals surface area contributed by atoms with E-state index in [1.807, 2.05) is 43.5 Å². The van der Waals surface area contributed by atoms with Crippen molar-refractivity contribution in [2.24, 2.45) is 0 Å². The summed E-state index contributed by atoms with van der Waals surface area (Å²) in [5.41, 5.74) is 1.38. The van der Waals surface area contributed by atoms with Gasteiger partial charge in [0.25, 0.3) is 5.91 Å². The van der Waals surface area contributed by atoms with E-state index in [1.54, 1.807) is 24.3 Å². The summed E-state index contributed by atoms with van der Waals surface area (Å²) in [6.07, 6.45) is 0. The van der Waals surface area contributed by atoms with Gasteiger partial charge >= 0.3 is 0 Å². The maximum Gasteiger partial charge on any atom is 0.257 e. The van der Waals surface area contributed by atoms with E-state index in [0.29, 0.717) is 34.6 Å². The molecular weight excluding hydrogens is 336 g/mol. The topological polar surface area (TPSA) is 60.5 Å². The third-order valence-electron chi connectivity index (χ3n) is 3.31. The minimum Gasteiger partial charge on any atom is -0.490 e. The molecular formula is C19H18N2O3S. The molecule has 3 rings (SSSR count). The van der Waals surface area contributed by atoms with Crippen LogP contribution in [0.4, 0.5) is 5.13 Å². The first-order valence-corrected chi connectivity index (χ1v) is 8.77. The number of amides is 1. The van der Waals surface area contributed by atoms with E-state index >= 15 is 0 Å². The number of para-hydroxylation sites is 2. The lowest BCUT2D eigenvalue weighted by Crippen LogP contribution is -2.11. The number of thiazole rings is 1. The van der Waals surface area contributed by atoms with Crippen LogP contribution in [0.25, 0.3) is 0 Å². The Kier molecular flexibility index (Phi) is 5.30. The number of nitrogens with zero attached hydrogens (tertiary/aromatic N) is 1. The molecule has 0 bridgehead atoms. The Balaban J connectivity index is 1.76. The van der Waals surface area contributed by atoms with Crippen LogP contribution in [0.3, 0.4) is 0 Å². The number of carbonyl (C=O) groups excluding carboxylic acids is 1. The third-order valence-corrected chi connectivity index (χ3v) is 4.19. The van der Waals surface area contributed by atoms with Crippen molar-refractivity contribution in [1.29, 1.82) is 0 Å². The number of anilines is 1. The van der Waals surface area contributed by atoms with Crippen molar-refractivity contribution in [1.82, 2.24) is 4.98 Å². The van der Waals surface area contributed by atoms with Gasteiger partial charge in [-0.05, 0) is 44.2 Å². The summed E-state index contributed by atoms with van der Waals surface area (Å²) in [5, 5.41) is 5.26. The average molecular weight is 354 g/mol. The lowest BCUT2D eigenvalue weighted by atomic mass is 10.2. The molecule has 0 radical (unpaired) electrons.